The van der Waals surface area contributed by atoms with E-state index in [1.165, 1.54) is 24.2 Å². The van der Waals surface area contributed by atoms with Crippen molar-refractivity contribution < 1.29 is 46.6 Å². The van der Waals surface area contributed by atoms with Crippen molar-refractivity contribution in [1.29, 1.82) is 0 Å². The van der Waals surface area contributed by atoms with Crippen LogP contribution in [0.3, 0.4) is 0 Å². The Kier molecular flexibility index (Phi) is 11.7. The first-order valence-corrected chi connectivity index (χ1v) is 19.5. The third-order valence-electron chi connectivity index (χ3n) is 9.43. The Morgan fingerprint density at radius 1 is 1.13 bits per heavy atom. The van der Waals surface area contributed by atoms with E-state index in [2.05, 4.69) is 26.9 Å². The van der Waals surface area contributed by atoms with Gasteiger partial charge in [-0.1, -0.05) is 17.7 Å². The van der Waals surface area contributed by atoms with Gasteiger partial charge in [-0.2, -0.15) is 0 Å². The van der Waals surface area contributed by atoms with Gasteiger partial charge in [0.1, 0.15) is 35.1 Å². The average molecular weight is 768 g/mol. The van der Waals surface area contributed by atoms with E-state index in [1.54, 1.807) is 59.0 Å². The van der Waals surface area contributed by atoms with Gasteiger partial charge in [0.2, 0.25) is 27.7 Å². The molecule has 2 heterocycles. The van der Waals surface area contributed by atoms with Crippen molar-refractivity contribution in [3.63, 3.8) is 0 Å². The minimum atomic E-state index is -3.93. The van der Waals surface area contributed by atoms with Gasteiger partial charge in [-0.25, -0.2) is 18.2 Å². The van der Waals surface area contributed by atoms with Crippen LogP contribution in [0.15, 0.2) is 54.8 Å². The zero-order valence-corrected chi connectivity index (χ0v) is 32.3. The number of methoxy groups -OCH3 is 1. The maximum absolute atomic E-state index is 14.5. The van der Waals surface area contributed by atoms with E-state index in [9.17, 15) is 32.4 Å². The third-order valence-corrected chi connectivity index (χ3v) is 11.2. The number of carbonyl (C=O) groups is 5. The summed E-state index contributed by atoms with van der Waals surface area (Å²) in [6, 6.07) is 4.66. The molecule has 0 bridgehead atoms. The molecule has 0 spiro atoms. The van der Waals surface area contributed by atoms with Crippen LogP contribution in [-0.2, 0) is 33.9 Å². The van der Waals surface area contributed by atoms with Crippen LogP contribution in [0.25, 0.3) is 10.8 Å². The van der Waals surface area contributed by atoms with E-state index in [0.717, 1.165) is 11.0 Å². The van der Waals surface area contributed by atoms with Crippen molar-refractivity contribution in [2.75, 3.05) is 13.7 Å². The Morgan fingerprint density at radius 2 is 1.85 bits per heavy atom. The lowest BCUT2D eigenvalue weighted by atomic mass is 10.1. The van der Waals surface area contributed by atoms with Gasteiger partial charge in [-0.3, -0.25) is 23.9 Å². The number of nitrogens with one attached hydrogen (secondary N) is 3. The highest BCUT2D eigenvalue weighted by Crippen LogP contribution is 2.45. The van der Waals surface area contributed by atoms with E-state index in [1.807, 2.05) is 6.07 Å². The number of alkyl carbamates (subject to hydrolysis) is 1. The predicted octanol–water partition coefficient (Wildman–Crippen LogP) is 3.47. The fourth-order valence-corrected chi connectivity index (χ4v) is 7.85. The molecule has 1 aromatic carbocycles. The molecule has 16 heteroatoms. The van der Waals surface area contributed by atoms with Crippen LogP contribution < -0.4 is 24.8 Å². The van der Waals surface area contributed by atoms with Crippen LogP contribution in [-0.4, -0.2) is 96.1 Å². The number of ether oxygens (including phenoxy) is 3. The van der Waals surface area contributed by atoms with Gasteiger partial charge < -0.3 is 29.7 Å². The largest absolute Gasteiger partial charge is 0.497 e. The van der Waals surface area contributed by atoms with Gasteiger partial charge in [0, 0.05) is 30.3 Å². The molecule has 4 amide bonds. The average Bonchev–Trinajstić information content (AvgIpc) is 4.02. The Labute approximate surface area is 315 Å². The number of carbonyl (C=O) groups excluding carboxylic acids is 5. The molecule has 292 valence electrons. The second kappa shape index (κ2) is 15.8. The van der Waals surface area contributed by atoms with Crippen LogP contribution in [0.5, 0.6) is 11.6 Å². The zero-order valence-electron chi connectivity index (χ0n) is 31.5. The van der Waals surface area contributed by atoms with Gasteiger partial charge in [0.05, 0.1) is 18.9 Å². The SMILES string of the molecule is C=CC1CC1(NC(=O)C1CC(Oc2nccc3ccc(OC)cc23)CN1C(=O)C(CCC(=O)C=C(C)C)NC(=O)OC(C)(C)C)C(=O)NS(=O)(=O)C1CC1. The first-order chi connectivity index (χ1) is 25.4. The lowest BCUT2D eigenvalue weighted by molar-refractivity contribution is -0.141. The number of likely N-dealkylation sites (tertiary alicyclic amines) is 1. The number of rotatable bonds is 15. The minimum absolute atomic E-state index is 0.0493. The normalized spacial score (nSPS) is 22.7. The molecule has 3 N–H and O–H groups in total. The summed E-state index contributed by atoms with van der Waals surface area (Å²) < 4.78 is 44.7. The molecular formula is C38H49N5O10S. The van der Waals surface area contributed by atoms with E-state index >= 15 is 0 Å². The minimum Gasteiger partial charge on any atom is -0.497 e. The van der Waals surface area contributed by atoms with Crippen molar-refractivity contribution in [1.82, 2.24) is 25.2 Å². The molecule has 5 rings (SSSR count). The number of pyridine rings is 1. The van der Waals surface area contributed by atoms with Crippen molar-refractivity contribution in [3.8, 4) is 11.6 Å². The maximum atomic E-state index is 14.5. The van der Waals surface area contributed by atoms with Crippen LogP contribution in [0.1, 0.15) is 73.1 Å². The molecule has 3 aliphatic rings. The molecule has 54 heavy (non-hydrogen) atoms. The molecule has 1 aliphatic heterocycles. The Morgan fingerprint density at radius 3 is 2.46 bits per heavy atom. The molecule has 5 unspecified atom stereocenters. The molecule has 2 aromatic rings. The topological polar surface area (TPSA) is 199 Å². The van der Waals surface area contributed by atoms with Gasteiger partial charge in [-0.15, -0.1) is 6.58 Å². The van der Waals surface area contributed by atoms with Crippen LogP contribution in [0.2, 0.25) is 0 Å². The monoisotopic (exact) mass is 767 g/mol. The molecule has 0 radical (unpaired) electrons. The van der Waals surface area contributed by atoms with E-state index < -0.39 is 74.3 Å². The van der Waals surface area contributed by atoms with Crippen LogP contribution >= 0.6 is 0 Å². The zero-order chi connectivity index (χ0) is 39.6. The quantitative estimate of drug-likeness (QED) is 0.177. The van der Waals surface area contributed by atoms with Crippen molar-refractivity contribution in [2.45, 2.75) is 108 Å². The lowest BCUT2D eigenvalue weighted by Gasteiger charge is -2.30. The summed E-state index contributed by atoms with van der Waals surface area (Å²) in [5.41, 5.74) is -1.74. The van der Waals surface area contributed by atoms with E-state index in [-0.39, 0.29) is 43.9 Å². The van der Waals surface area contributed by atoms with Crippen molar-refractivity contribution in [3.05, 3.63) is 54.8 Å². The molecule has 5 atom stereocenters. The predicted molar refractivity (Wildman–Crippen MR) is 199 cm³/mol. The highest BCUT2D eigenvalue weighted by atomic mass is 32.2. The highest BCUT2D eigenvalue weighted by molar-refractivity contribution is 7.91. The van der Waals surface area contributed by atoms with E-state index in [4.69, 9.17) is 14.2 Å². The van der Waals surface area contributed by atoms with Crippen molar-refractivity contribution in [2.24, 2.45) is 5.92 Å². The number of nitrogens with zero attached hydrogens (tertiary/aromatic N) is 2. The first-order valence-electron chi connectivity index (χ1n) is 17.9. The van der Waals surface area contributed by atoms with Crippen LogP contribution in [0, 0.1) is 5.92 Å². The van der Waals surface area contributed by atoms with Gasteiger partial charge in [0.25, 0.3) is 5.91 Å². The molecule has 1 saturated heterocycles. The molecule has 1 aromatic heterocycles. The lowest BCUT2D eigenvalue weighted by Crippen LogP contribution is -2.58. The fourth-order valence-electron chi connectivity index (χ4n) is 6.48. The molecule has 2 saturated carbocycles. The Balaban J connectivity index is 1.46. The summed E-state index contributed by atoms with van der Waals surface area (Å²) in [7, 11) is -2.40. The second-order valence-electron chi connectivity index (χ2n) is 15.3. The summed E-state index contributed by atoms with van der Waals surface area (Å²) >= 11 is 0. The number of amides is 4. The highest BCUT2D eigenvalue weighted by Gasteiger charge is 2.62. The maximum Gasteiger partial charge on any atom is 0.408 e. The first kappa shape index (κ1) is 40.2. The number of allylic oxidation sites excluding steroid dienone is 2. The van der Waals surface area contributed by atoms with E-state index in [0.29, 0.717) is 24.0 Å². The molecule has 2 aliphatic carbocycles. The van der Waals surface area contributed by atoms with Gasteiger partial charge in [0.15, 0.2) is 5.78 Å². The number of sulfonamides is 1. The van der Waals surface area contributed by atoms with Crippen LogP contribution in [0.4, 0.5) is 4.79 Å². The summed E-state index contributed by atoms with van der Waals surface area (Å²) in [5, 5.41) is 6.10. The Hall–Kier alpha value is -4.99. The van der Waals surface area contributed by atoms with Crippen molar-refractivity contribution >= 4 is 50.4 Å². The number of hydrogen-bond donors (Lipinski definition) is 3. The smallest absolute Gasteiger partial charge is 0.408 e. The number of fused-ring (bicyclic) bond motifs is 1. The Bertz CT molecular complexity index is 1970. The number of hydrogen-bond acceptors (Lipinski definition) is 11. The second-order valence-corrected chi connectivity index (χ2v) is 17.3. The standard InChI is InChI=1S/C38H49N5O10S/c1-8-24-20-38(24,35(47)42-54(49,50)28-12-13-28)41-32(45)31-19-27(52-33-29-18-26(51-7)11-9-23(29)15-16-39-33)21-43(31)34(46)30(14-10-25(44)17-22(2)3)40-36(48)53-37(4,5)6/h8-9,11,15-18,24,27-28,30-31H,1,10,12-14,19-21H2,2-7H3,(H,40,48)(H,41,45)(H,42,47). The fraction of sp³-hybridized carbons (Fsp3) is 0.526. The summed E-state index contributed by atoms with van der Waals surface area (Å²) in [5.74, 6) is -2.33. The third kappa shape index (κ3) is 9.56. The number of aromatic nitrogens is 1. The summed E-state index contributed by atoms with van der Waals surface area (Å²) in [4.78, 5) is 73.6. The van der Waals surface area contributed by atoms with Gasteiger partial charge >= 0.3 is 6.09 Å². The summed E-state index contributed by atoms with van der Waals surface area (Å²) in [6.45, 7) is 12.1. The molecule has 15 nitrogen and oxygen atoms in total. The van der Waals surface area contributed by atoms with Gasteiger partial charge in [-0.05, 0) is 90.0 Å². The summed E-state index contributed by atoms with van der Waals surface area (Å²) in [6.07, 6.45) is 3.52. The number of benzene rings is 1. The number of ketones is 1. The molecule has 3 fully saturated rings. The molecular weight excluding hydrogens is 719 g/mol.